The molecule has 3 N–H and O–H groups in total. The first kappa shape index (κ1) is 18.0. The summed E-state index contributed by atoms with van der Waals surface area (Å²) in [6.45, 7) is 2.91. The Morgan fingerprint density at radius 1 is 1.43 bits per heavy atom. The molecule has 0 aliphatic rings. The van der Waals surface area contributed by atoms with E-state index in [1.165, 1.54) is 0 Å². The van der Waals surface area contributed by atoms with Gasteiger partial charge in [-0.2, -0.15) is 0 Å². The van der Waals surface area contributed by atoms with Crippen molar-refractivity contribution >= 4 is 29.2 Å². The van der Waals surface area contributed by atoms with Gasteiger partial charge >= 0.3 is 6.03 Å². The first-order chi connectivity index (χ1) is 10.1. The van der Waals surface area contributed by atoms with Gasteiger partial charge in [-0.25, -0.2) is 4.79 Å². The second kappa shape index (κ2) is 9.84. The SMILES string of the molecule is CCC(CO)NC(=O)NCCOCc1ccc(Cl)cc1Cl. The van der Waals surface area contributed by atoms with Gasteiger partial charge in [-0.15, -0.1) is 0 Å². The fourth-order valence-electron chi connectivity index (χ4n) is 1.57. The van der Waals surface area contributed by atoms with E-state index in [4.69, 9.17) is 33.0 Å². The number of benzene rings is 1. The number of nitrogens with one attached hydrogen (secondary N) is 2. The summed E-state index contributed by atoms with van der Waals surface area (Å²) in [4.78, 5) is 11.5. The molecular weight excluding hydrogens is 315 g/mol. The first-order valence-corrected chi connectivity index (χ1v) is 7.49. The molecule has 1 unspecified atom stereocenters. The van der Waals surface area contributed by atoms with E-state index in [0.717, 1.165) is 5.56 Å². The molecule has 5 nitrogen and oxygen atoms in total. The lowest BCUT2D eigenvalue weighted by molar-refractivity contribution is 0.123. The van der Waals surface area contributed by atoms with Gasteiger partial charge in [-0.3, -0.25) is 0 Å². The molecule has 2 amide bonds. The summed E-state index contributed by atoms with van der Waals surface area (Å²) in [5.74, 6) is 0. The van der Waals surface area contributed by atoms with Crippen LogP contribution in [-0.4, -0.2) is 36.9 Å². The van der Waals surface area contributed by atoms with Crippen LogP contribution >= 0.6 is 23.2 Å². The van der Waals surface area contributed by atoms with Crippen LogP contribution in [0, 0.1) is 0 Å². The van der Waals surface area contributed by atoms with E-state index in [1.54, 1.807) is 18.2 Å². The quantitative estimate of drug-likeness (QED) is 0.640. The van der Waals surface area contributed by atoms with Crippen LogP contribution in [0.2, 0.25) is 10.0 Å². The van der Waals surface area contributed by atoms with Crippen molar-refractivity contribution in [1.29, 1.82) is 0 Å². The van der Waals surface area contributed by atoms with E-state index < -0.39 is 0 Å². The van der Waals surface area contributed by atoms with Crippen molar-refractivity contribution in [3.8, 4) is 0 Å². The van der Waals surface area contributed by atoms with Crippen molar-refractivity contribution < 1.29 is 14.6 Å². The first-order valence-electron chi connectivity index (χ1n) is 6.73. The van der Waals surface area contributed by atoms with Crippen LogP contribution in [0.4, 0.5) is 4.79 Å². The lowest BCUT2D eigenvalue weighted by atomic mass is 10.2. The summed E-state index contributed by atoms with van der Waals surface area (Å²) >= 11 is 11.8. The Bertz CT molecular complexity index is 454. The molecule has 118 valence electrons. The summed E-state index contributed by atoms with van der Waals surface area (Å²) in [7, 11) is 0. The third kappa shape index (κ3) is 7.00. The van der Waals surface area contributed by atoms with Crippen LogP contribution in [-0.2, 0) is 11.3 Å². The third-order valence-corrected chi connectivity index (χ3v) is 3.44. The van der Waals surface area contributed by atoms with E-state index >= 15 is 0 Å². The van der Waals surface area contributed by atoms with Gasteiger partial charge in [0.25, 0.3) is 0 Å². The maximum Gasteiger partial charge on any atom is 0.315 e. The van der Waals surface area contributed by atoms with Gasteiger partial charge in [-0.05, 0) is 24.1 Å². The topological polar surface area (TPSA) is 70.6 Å². The van der Waals surface area contributed by atoms with E-state index in [1.807, 2.05) is 6.92 Å². The molecule has 7 heteroatoms. The molecule has 0 radical (unpaired) electrons. The summed E-state index contributed by atoms with van der Waals surface area (Å²) in [6, 6.07) is 4.67. The van der Waals surface area contributed by atoms with Gasteiger partial charge in [0, 0.05) is 16.6 Å². The molecule has 0 aliphatic heterocycles. The number of amides is 2. The van der Waals surface area contributed by atoms with Crippen LogP contribution in [0.1, 0.15) is 18.9 Å². The van der Waals surface area contributed by atoms with Crippen LogP contribution in [0.15, 0.2) is 18.2 Å². The van der Waals surface area contributed by atoms with Crippen molar-refractivity contribution in [2.75, 3.05) is 19.8 Å². The lowest BCUT2D eigenvalue weighted by Crippen LogP contribution is -2.44. The number of hydrogen-bond donors (Lipinski definition) is 3. The molecule has 0 aliphatic carbocycles. The molecule has 1 aromatic rings. The van der Waals surface area contributed by atoms with Gasteiger partial charge in [0.2, 0.25) is 0 Å². The number of rotatable bonds is 8. The predicted octanol–water partition coefficient (Wildman–Crippen LogP) is 2.58. The summed E-state index contributed by atoms with van der Waals surface area (Å²) in [6.07, 6.45) is 0.676. The molecule has 0 saturated heterocycles. The minimum atomic E-state index is -0.316. The number of aliphatic hydroxyl groups is 1. The number of carbonyl (C=O) groups is 1. The molecule has 1 atom stereocenters. The number of urea groups is 1. The fourth-order valence-corrected chi connectivity index (χ4v) is 2.03. The molecule has 0 spiro atoms. The zero-order valence-electron chi connectivity index (χ0n) is 11.9. The minimum Gasteiger partial charge on any atom is -0.394 e. The van der Waals surface area contributed by atoms with Gasteiger partial charge in [-0.1, -0.05) is 36.2 Å². The Morgan fingerprint density at radius 3 is 2.81 bits per heavy atom. The van der Waals surface area contributed by atoms with Crippen molar-refractivity contribution in [2.24, 2.45) is 0 Å². The normalized spacial score (nSPS) is 12.0. The molecule has 0 aromatic heterocycles. The highest BCUT2D eigenvalue weighted by Crippen LogP contribution is 2.21. The minimum absolute atomic E-state index is 0.0739. The highest BCUT2D eigenvalue weighted by molar-refractivity contribution is 6.35. The van der Waals surface area contributed by atoms with E-state index in [9.17, 15) is 4.79 Å². The maximum absolute atomic E-state index is 11.5. The predicted molar refractivity (Wildman–Crippen MR) is 83.8 cm³/mol. The Labute approximate surface area is 134 Å². The van der Waals surface area contributed by atoms with Crippen molar-refractivity contribution in [2.45, 2.75) is 26.0 Å². The molecule has 0 bridgehead atoms. The van der Waals surface area contributed by atoms with Crippen LogP contribution in [0.5, 0.6) is 0 Å². The van der Waals surface area contributed by atoms with Crippen molar-refractivity contribution in [3.05, 3.63) is 33.8 Å². The number of ether oxygens (including phenoxy) is 1. The van der Waals surface area contributed by atoms with Gasteiger partial charge in [0.15, 0.2) is 0 Å². The smallest absolute Gasteiger partial charge is 0.315 e. The number of hydrogen-bond acceptors (Lipinski definition) is 3. The molecule has 21 heavy (non-hydrogen) atoms. The second-order valence-corrected chi connectivity index (χ2v) is 5.32. The Kier molecular flexibility index (Phi) is 8.45. The molecule has 0 fully saturated rings. The maximum atomic E-state index is 11.5. The Hall–Kier alpha value is -1.01. The van der Waals surface area contributed by atoms with Crippen molar-refractivity contribution in [1.82, 2.24) is 10.6 Å². The van der Waals surface area contributed by atoms with Crippen molar-refractivity contribution in [3.63, 3.8) is 0 Å². The number of carbonyl (C=O) groups excluding carboxylic acids is 1. The van der Waals surface area contributed by atoms with Gasteiger partial charge in [0.05, 0.1) is 25.9 Å². The molecular formula is C14H20Cl2N2O3. The van der Waals surface area contributed by atoms with Crippen LogP contribution in [0.25, 0.3) is 0 Å². The summed E-state index contributed by atoms with van der Waals surface area (Å²) in [5.41, 5.74) is 0.844. The lowest BCUT2D eigenvalue weighted by Gasteiger charge is -2.14. The monoisotopic (exact) mass is 334 g/mol. The summed E-state index contributed by atoms with van der Waals surface area (Å²) < 4.78 is 5.43. The van der Waals surface area contributed by atoms with Gasteiger partial charge in [0.1, 0.15) is 0 Å². The standard InChI is InChI=1S/C14H20Cl2N2O3/c1-2-12(8-19)18-14(20)17-5-6-21-9-10-3-4-11(15)7-13(10)16/h3-4,7,12,19H,2,5-6,8-9H2,1H3,(H2,17,18,20). The highest BCUT2D eigenvalue weighted by atomic mass is 35.5. The third-order valence-electron chi connectivity index (χ3n) is 2.85. The zero-order valence-corrected chi connectivity index (χ0v) is 13.4. The summed E-state index contributed by atoms with van der Waals surface area (Å²) in [5, 5.41) is 15.4. The Balaban J connectivity index is 2.18. The van der Waals surface area contributed by atoms with Crippen LogP contribution < -0.4 is 10.6 Å². The average molecular weight is 335 g/mol. The highest BCUT2D eigenvalue weighted by Gasteiger charge is 2.08. The average Bonchev–Trinajstić information content (AvgIpc) is 2.46. The van der Waals surface area contributed by atoms with Crippen LogP contribution in [0.3, 0.4) is 0 Å². The fraction of sp³-hybridized carbons (Fsp3) is 0.500. The second-order valence-electron chi connectivity index (χ2n) is 4.48. The molecule has 1 rings (SSSR count). The molecule has 1 aromatic carbocycles. The van der Waals surface area contributed by atoms with E-state index in [0.29, 0.717) is 36.2 Å². The Morgan fingerprint density at radius 2 is 2.19 bits per heavy atom. The molecule has 0 saturated carbocycles. The van der Waals surface area contributed by atoms with E-state index in [-0.39, 0.29) is 18.7 Å². The van der Waals surface area contributed by atoms with Gasteiger partial charge < -0.3 is 20.5 Å². The molecule has 0 heterocycles. The number of aliphatic hydroxyl groups excluding tert-OH is 1. The number of halogens is 2. The zero-order chi connectivity index (χ0) is 15.7. The van der Waals surface area contributed by atoms with E-state index in [2.05, 4.69) is 10.6 Å². The largest absolute Gasteiger partial charge is 0.394 e.